The molecule has 3 atom stereocenters. The van der Waals surface area contributed by atoms with Crippen molar-refractivity contribution in [1.82, 2.24) is 10.2 Å². The Kier molecular flexibility index (Phi) is 7.20. The van der Waals surface area contributed by atoms with Crippen molar-refractivity contribution in [2.75, 3.05) is 33.4 Å². The van der Waals surface area contributed by atoms with E-state index < -0.39 is 0 Å². The molecule has 114 valence electrons. The lowest BCUT2D eigenvalue weighted by atomic mass is 9.68. The van der Waals surface area contributed by atoms with Gasteiger partial charge in [0.1, 0.15) is 0 Å². The maximum absolute atomic E-state index is 3.55. The van der Waals surface area contributed by atoms with Crippen LogP contribution in [0.2, 0.25) is 0 Å². The summed E-state index contributed by atoms with van der Waals surface area (Å²) in [5.41, 5.74) is 0.513. The topological polar surface area (TPSA) is 15.3 Å². The van der Waals surface area contributed by atoms with Crippen LogP contribution in [0.4, 0.5) is 0 Å². The Balaban J connectivity index is 2.53. The van der Waals surface area contributed by atoms with E-state index in [9.17, 15) is 0 Å². The molecule has 1 N–H and O–H groups in total. The second kappa shape index (κ2) is 7.90. The highest BCUT2D eigenvalue weighted by Gasteiger charge is 2.36. The summed E-state index contributed by atoms with van der Waals surface area (Å²) < 4.78 is 0. The van der Waals surface area contributed by atoms with Crippen LogP contribution >= 0.6 is 11.8 Å². The first-order chi connectivity index (χ1) is 8.90. The Labute approximate surface area is 125 Å². The zero-order valence-corrected chi connectivity index (χ0v) is 14.6. The molecule has 0 aliphatic heterocycles. The van der Waals surface area contributed by atoms with Gasteiger partial charge in [-0.1, -0.05) is 27.2 Å². The first-order valence-electron chi connectivity index (χ1n) is 7.84. The van der Waals surface area contributed by atoms with Crippen LogP contribution in [0.25, 0.3) is 0 Å². The summed E-state index contributed by atoms with van der Waals surface area (Å²) in [4.78, 5) is 2.29. The number of nitrogens with zero attached hydrogens (tertiary/aromatic N) is 1. The normalized spacial score (nSPS) is 28.9. The third-order valence-electron chi connectivity index (χ3n) is 5.05. The van der Waals surface area contributed by atoms with Gasteiger partial charge in [0.05, 0.1) is 0 Å². The number of thioether (sulfide) groups is 1. The molecule has 3 unspecified atom stereocenters. The van der Waals surface area contributed by atoms with E-state index in [1.165, 1.54) is 38.0 Å². The second-order valence-corrected chi connectivity index (χ2v) is 8.31. The van der Waals surface area contributed by atoms with Crippen LogP contribution in [0.3, 0.4) is 0 Å². The third kappa shape index (κ3) is 5.28. The van der Waals surface area contributed by atoms with Gasteiger partial charge < -0.3 is 10.2 Å². The molecule has 3 heteroatoms. The zero-order chi connectivity index (χ0) is 14.5. The molecule has 0 saturated heterocycles. The van der Waals surface area contributed by atoms with Crippen molar-refractivity contribution >= 4 is 11.8 Å². The highest BCUT2D eigenvalue weighted by molar-refractivity contribution is 8.00. The number of rotatable bonds is 7. The minimum absolute atomic E-state index is 0.513. The molecule has 0 amide bonds. The monoisotopic (exact) mass is 286 g/mol. The van der Waals surface area contributed by atoms with Gasteiger partial charge in [0, 0.05) is 23.6 Å². The van der Waals surface area contributed by atoms with Gasteiger partial charge in [0.15, 0.2) is 0 Å². The van der Waals surface area contributed by atoms with E-state index in [2.05, 4.69) is 63.9 Å². The fourth-order valence-electron chi connectivity index (χ4n) is 3.03. The third-order valence-corrected chi connectivity index (χ3v) is 6.42. The lowest BCUT2D eigenvalue weighted by molar-refractivity contribution is 0.142. The molecule has 0 aromatic rings. The van der Waals surface area contributed by atoms with E-state index >= 15 is 0 Å². The van der Waals surface area contributed by atoms with Gasteiger partial charge in [-0.25, -0.2) is 0 Å². The molecule has 0 aromatic carbocycles. The average Bonchev–Trinajstić information content (AvgIpc) is 2.38. The Morgan fingerprint density at radius 2 is 1.95 bits per heavy atom. The van der Waals surface area contributed by atoms with Crippen LogP contribution in [0.5, 0.6) is 0 Å². The Morgan fingerprint density at radius 1 is 1.26 bits per heavy atom. The van der Waals surface area contributed by atoms with Gasteiger partial charge >= 0.3 is 0 Å². The minimum Gasteiger partial charge on any atom is -0.316 e. The summed E-state index contributed by atoms with van der Waals surface area (Å²) in [5, 5.41) is 4.35. The van der Waals surface area contributed by atoms with E-state index in [1.54, 1.807) is 0 Å². The molecule has 1 aliphatic rings. The molecule has 0 radical (unpaired) electrons. The summed E-state index contributed by atoms with van der Waals surface area (Å²) in [6, 6.07) is 0.719. The molecule has 0 heterocycles. The fraction of sp³-hybridized carbons (Fsp3) is 1.00. The van der Waals surface area contributed by atoms with Crippen molar-refractivity contribution in [2.45, 2.75) is 57.7 Å². The highest BCUT2D eigenvalue weighted by Crippen LogP contribution is 2.43. The fourth-order valence-corrected chi connectivity index (χ4v) is 4.67. The molecule has 1 saturated carbocycles. The van der Waals surface area contributed by atoms with Crippen molar-refractivity contribution < 1.29 is 0 Å². The van der Waals surface area contributed by atoms with Crippen LogP contribution in [-0.4, -0.2) is 49.6 Å². The van der Waals surface area contributed by atoms with Crippen LogP contribution in [-0.2, 0) is 0 Å². The van der Waals surface area contributed by atoms with Gasteiger partial charge in [0.25, 0.3) is 0 Å². The average molecular weight is 287 g/mol. The van der Waals surface area contributed by atoms with Crippen LogP contribution < -0.4 is 5.32 Å². The quantitative estimate of drug-likeness (QED) is 0.771. The Hall–Kier alpha value is 0.270. The van der Waals surface area contributed by atoms with Crippen molar-refractivity contribution in [3.8, 4) is 0 Å². The zero-order valence-electron chi connectivity index (χ0n) is 13.8. The highest BCUT2D eigenvalue weighted by atomic mass is 32.2. The Morgan fingerprint density at radius 3 is 2.47 bits per heavy atom. The van der Waals surface area contributed by atoms with Crippen molar-refractivity contribution in [3.05, 3.63) is 0 Å². The van der Waals surface area contributed by atoms with Crippen LogP contribution in [0.1, 0.15) is 46.5 Å². The number of nitrogens with one attached hydrogen (secondary N) is 1. The smallest absolute Gasteiger partial charge is 0.0204 e. The lowest BCUT2D eigenvalue weighted by Gasteiger charge is -2.43. The Bertz CT molecular complexity index is 253. The van der Waals surface area contributed by atoms with Gasteiger partial charge in [-0.05, 0) is 51.7 Å². The van der Waals surface area contributed by atoms with Crippen LogP contribution in [0.15, 0.2) is 0 Å². The van der Waals surface area contributed by atoms with E-state index in [4.69, 9.17) is 0 Å². The maximum atomic E-state index is 3.55. The molecule has 0 bridgehead atoms. The molecule has 1 rings (SSSR count). The lowest BCUT2D eigenvalue weighted by Crippen LogP contribution is -2.44. The second-order valence-electron chi connectivity index (χ2n) is 6.96. The van der Waals surface area contributed by atoms with Crippen molar-refractivity contribution in [2.24, 2.45) is 11.3 Å². The van der Waals surface area contributed by atoms with E-state index in [0.29, 0.717) is 5.41 Å². The summed E-state index contributed by atoms with van der Waals surface area (Å²) >= 11 is 2.18. The van der Waals surface area contributed by atoms with E-state index in [1.807, 2.05) is 0 Å². The van der Waals surface area contributed by atoms with Gasteiger partial charge in [0.2, 0.25) is 0 Å². The largest absolute Gasteiger partial charge is 0.316 e. The number of hydrogen-bond donors (Lipinski definition) is 1. The van der Waals surface area contributed by atoms with Gasteiger partial charge in [-0.2, -0.15) is 11.8 Å². The standard InChI is InChI=1S/C16H34N2S/c1-7-16(2,3)13-8-9-14(17-4)15(12-13)19-11-10-18(5)6/h13-15,17H,7-12H2,1-6H3. The first kappa shape index (κ1) is 17.3. The molecule has 1 aliphatic carbocycles. The minimum atomic E-state index is 0.513. The molecular weight excluding hydrogens is 252 g/mol. The molecular formula is C16H34N2S. The van der Waals surface area contributed by atoms with E-state index in [0.717, 1.165) is 17.2 Å². The van der Waals surface area contributed by atoms with Gasteiger partial charge in [-0.3, -0.25) is 0 Å². The molecule has 0 spiro atoms. The molecule has 0 aromatic heterocycles. The molecule has 19 heavy (non-hydrogen) atoms. The summed E-state index contributed by atoms with van der Waals surface area (Å²) in [5.74, 6) is 2.16. The maximum Gasteiger partial charge on any atom is 0.0204 e. The first-order valence-corrected chi connectivity index (χ1v) is 8.89. The predicted molar refractivity (Wildman–Crippen MR) is 89.1 cm³/mol. The van der Waals surface area contributed by atoms with E-state index in [-0.39, 0.29) is 0 Å². The van der Waals surface area contributed by atoms with Crippen molar-refractivity contribution in [1.29, 1.82) is 0 Å². The summed E-state index contributed by atoms with van der Waals surface area (Å²) in [6.07, 6.45) is 5.45. The van der Waals surface area contributed by atoms with Crippen LogP contribution in [0, 0.1) is 11.3 Å². The molecule has 2 nitrogen and oxygen atoms in total. The van der Waals surface area contributed by atoms with Gasteiger partial charge in [-0.15, -0.1) is 0 Å². The predicted octanol–water partition coefficient (Wildman–Crippen LogP) is 3.47. The summed E-state index contributed by atoms with van der Waals surface area (Å²) in [7, 11) is 6.47. The SMILES string of the molecule is CCC(C)(C)C1CCC(NC)C(SCCN(C)C)C1. The number of hydrogen-bond acceptors (Lipinski definition) is 3. The summed E-state index contributed by atoms with van der Waals surface area (Å²) in [6.45, 7) is 8.45. The molecule has 1 fully saturated rings. The van der Waals surface area contributed by atoms with Crippen molar-refractivity contribution in [3.63, 3.8) is 0 Å².